The van der Waals surface area contributed by atoms with Crippen LogP contribution in [0, 0.1) is 22.2 Å². The number of nitrogens with one attached hydrogen (secondary N) is 2. The van der Waals surface area contributed by atoms with Crippen molar-refractivity contribution in [3.63, 3.8) is 0 Å². The predicted octanol–water partition coefficient (Wildman–Crippen LogP) is 2.57. The van der Waals surface area contributed by atoms with Gasteiger partial charge in [-0.15, -0.1) is 0 Å². The molecule has 1 atom stereocenters. The zero-order valence-corrected chi connectivity index (χ0v) is 17.5. The first kappa shape index (κ1) is 23.7. The number of carbonyl (C=O) groups is 2. The van der Waals surface area contributed by atoms with E-state index in [1.807, 2.05) is 27.7 Å². The third-order valence-corrected chi connectivity index (χ3v) is 5.12. The molecule has 0 bridgehead atoms. The molecule has 0 aromatic heterocycles. The van der Waals surface area contributed by atoms with Gasteiger partial charge in [0.05, 0.1) is 26.2 Å². The predicted molar refractivity (Wildman–Crippen MR) is 104 cm³/mol. The third-order valence-electron chi connectivity index (χ3n) is 5.12. The van der Waals surface area contributed by atoms with Crippen molar-refractivity contribution in [1.29, 1.82) is 5.41 Å². The Morgan fingerprint density at radius 3 is 2.48 bits per heavy atom. The van der Waals surface area contributed by atoms with Crippen LogP contribution < -0.4 is 5.32 Å². The number of ether oxygens (including phenoxy) is 3. The molecule has 7 nitrogen and oxygen atoms in total. The molecular weight excluding hydrogens is 348 g/mol. The minimum atomic E-state index is -0.626. The average Bonchev–Trinajstić information content (AvgIpc) is 3.10. The molecule has 0 radical (unpaired) electrons. The zero-order chi connectivity index (χ0) is 20.5. The minimum Gasteiger partial charge on any atom is -0.382 e. The molecule has 1 rings (SSSR count). The van der Waals surface area contributed by atoms with Crippen LogP contribution in [-0.2, 0) is 23.8 Å². The number of hydrogen-bond acceptors (Lipinski definition) is 6. The van der Waals surface area contributed by atoms with Gasteiger partial charge in [-0.2, -0.15) is 0 Å². The standard InChI is InChI=1S/C20H36N2O5/c1-19(2,8-6-15-7-9-26-13-15)18(24)22-17(23)12-16(21)20(3,4)14-27-11-10-25-5/h15,21H,6-14H2,1-5H3,(H,22,23,24). The first-order valence-corrected chi connectivity index (χ1v) is 9.65. The quantitative estimate of drug-likeness (QED) is 0.398. The van der Waals surface area contributed by atoms with Crippen LogP contribution in [0.25, 0.3) is 0 Å². The Kier molecular flexibility index (Phi) is 9.56. The highest BCUT2D eigenvalue weighted by molar-refractivity contribution is 6.07. The molecule has 1 heterocycles. The molecule has 0 spiro atoms. The highest BCUT2D eigenvalue weighted by Gasteiger charge is 2.32. The number of hydrogen-bond donors (Lipinski definition) is 2. The van der Waals surface area contributed by atoms with E-state index in [1.165, 1.54) is 0 Å². The Morgan fingerprint density at radius 1 is 1.19 bits per heavy atom. The van der Waals surface area contributed by atoms with Crippen molar-refractivity contribution in [3.05, 3.63) is 0 Å². The summed E-state index contributed by atoms with van der Waals surface area (Å²) in [6.07, 6.45) is 2.54. The van der Waals surface area contributed by atoms with Crippen LogP contribution in [0.4, 0.5) is 0 Å². The molecule has 156 valence electrons. The molecule has 1 aliphatic heterocycles. The van der Waals surface area contributed by atoms with Crippen molar-refractivity contribution in [3.8, 4) is 0 Å². The Bertz CT molecular complexity index is 511. The fraction of sp³-hybridized carbons (Fsp3) is 0.850. The lowest BCUT2D eigenvalue weighted by atomic mass is 9.83. The van der Waals surface area contributed by atoms with Crippen molar-refractivity contribution in [2.45, 2.75) is 53.4 Å². The Morgan fingerprint density at radius 2 is 1.89 bits per heavy atom. The maximum atomic E-state index is 12.5. The van der Waals surface area contributed by atoms with Crippen LogP contribution >= 0.6 is 0 Å². The average molecular weight is 385 g/mol. The van der Waals surface area contributed by atoms with Gasteiger partial charge in [-0.3, -0.25) is 14.9 Å². The first-order valence-electron chi connectivity index (χ1n) is 9.65. The van der Waals surface area contributed by atoms with E-state index in [1.54, 1.807) is 7.11 Å². The largest absolute Gasteiger partial charge is 0.382 e. The van der Waals surface area contributed by atoms with Gasteiger partial charge in [0, 0.05) is 36.9 Å². The van der Waals surface area contributed by atoms with Crippen LogP contribution in [0.15, 0.2) is 0 Å². The van der Waals surface area contributed by atoms with Gasteiger partial charge >= 0.3 is 0 Å². The lowest BCUT2D eigenvalue weighted by Gasteiger charge is -2.27. The van der Waals surface area contributed by atoms with Crippen LogP contribution in [0.5, 0.6) is 0 Å². The van der Waals surface area contributed by atoms with Crippen LogP contribution in [0.2, 0.25) is 0 Å². The number of amides is 2. The van der Waals surface area contributed by atoms with Crippen LogP contribution in [0.1, 0.15) is 53.4 Å². The number of rotatable bonds is 12. The van der Waals surface area contributed by atoms with Gasteiger partial charge in [-0.25, -0.2) is 0 Å². The summed E-state index contributed by atoms with van der Waals surface area (Å²) in [5.74, 6) is -0.222. The number of imide groups is 1. The maximum absolute atomic E-state index is 12.5. The molecule has 1 aliphatic rings. The molecular formula is C20H36N2O5. The van der Waals surface area contributed by atoms with Gasteiger partial charge < -0.3 is 19.6 Å². The Hall–Kier alpha value is -1.31. The summed E-state index contributed by atoms with van der Waals surface area (Å²) >= 11 is 0. The second-order valence-electron chi connectivity index (χ2n) is 8.61. The second-order valence-corrected chi connectivity index (χ2v) is 8.61. The fourth-order valence-corrected chi connectivity index (χ4v) is 2.79. The topological polar surface area (TPSA) is 97.7 Å². The second kappa shape index (κ2) is 10.9. The third kappa shape index (κ3) is 8.49. The summed E-state index contributed by atoms with van der Waals surface area (Å²) in [4.78, 5) is 24.7. The fourth-order valence-electron chi connectivity index (χ4n) is 2.79. The van der Waals surface area contributed by atoms with E-state index < -0.39 is 16.7 Å². The summed E-state index contributed by atoms with van der Waals surface area (Å²) in [6, 6.07) is 0. The molecule has 7 heteroatoms. The molecule has 0 saturated carbocycles. The van der Waals surface area contributed by atoms with Crippen molar-refractivity contribution >= 4 is 17.5 Å². The van der Waals surface area contributed by atoms with E-state index in [0.717, 1.165) is 26.1 Å². The van der Waals surface area contributed by atoms with Gasteiger partial charge in [-0.1, -0.05) is 27.7 Å². The van der Waals surface area contributed by atoms with Gasteiger partial charge in [0.15, 0.2) is 0 Å². The van der Waals surface area contributed by atoms with Gasteiger partial charge in [0.2, 0.25) is 11.8 Å². The lowest BCUT2D eigenvalue weighted by molar-refractivity contribution is -0.135. The monoisotopic (exact) mass is 384 g/mol. The van der Waals surface area contributed by atoms with Crippen molar-refractivity contribution in [2.24, 2.45) is 16.7 Å². The van der Waals surface area contributed by atoms with E-state index in [9.17, 15) is 9.59 Å². The van der Waals surface area contributed by atoms with E-state index in [2.05, 4.69) is 5.32 Å². The maximum Gasteiger partial charge on any atom is 0.232 e. The van der Waals surface area contributed by atoms with E-state index in [-0.39, 0.29) is 18.0 Å². The molecule has 2 N–H and O–H groups in total. The molecule has 2 amide bonds. The summed E-state index contributed by atoms with van der Waals surface area (Å²) in [7, 11) is 1.60. The summed E-state index contributed by atoms with van der Waals surface area (Å²) in [5.41, 5.74) is -0.961. The first-order chi connectivity index (χ1) is 12.6. The van der Waals surface area contributed by atoms with E-state index in [0.29, 0.717) is 32.2 Å². The molecule has 27 heavy (non-hydrogen) atoms. The van der Waals surface area contributed by atoms with Crippen molar-refractivity contribution in [2.75, 3.05) is 40.1 Å². The Labute approximate surface area is 163 Å². The van der Waals surface area contributed by atoms with Crippen LogP contribution in [0.3, 0.4) is 0 Å². The highest BCUT2D eigenvalue weighted by Crippen LogP contribution is 2.28. The van der Waals surface area contributed by atoms with Gasteiger partial charge in [-0.05, 0) is 25.2 Å². The Balaban J connectivity index is 2.41. The van der Waals surface area contributed by atoms with Crippen molar-refractivity contribution < 1.29 is 23.8 Å². The molecule has 0 aromatic rings. The molecule has 0 aromatic carbocycles. The smallest absolute Gasteiger partial charge is 0.232 e. The summed E-state index contributed by atoms with van der Waals surface area (Å²) < 4.78 is 15.8. The van der Waals surface area contributed by atoms with E-state index in [4.69, 9.17) is 19.6 Å². The number of methoxy groups -OCH3 is 1. The summed E-state index contributed by atoms with van der Waals surface area (Å²) in [6.45, 7) is 10.2. The minimum absolute atomic E-state index is 0.112. The molecule has 1 unspecified atom stereocenters. The van der Waals surface area contributed by atoms with Gasteiger partial charge in [0.25, 0.3) is 0 Å². The number of carbonyl (C=O) groups excluding carboxylic acids is 2. The highest BCUT2D eigenvalue weighted by atomic mass is 16.5. The molecule has 1 saturated heterocycles. The molecule has 1 fully saturated rings. The SMILES string of the molecule is COCCOCC(C)(C)C(=N)CC(=O)NC(=O)C(C)(C)CCC1CCOC1. The van der Waals surface area contributed by atoms with Crippen molar-refractivity contribution in [1.82, 2.24) is 5.32 Å². The zero-order valence-electron chi connectivity index (χ0n) is 17.5. The normalized spacial score (nSPS) is 17.7. The van der Waals surface area contributed by atoms with Gasteiger partial charge in [0.1, 0.15) is 0 Å². The van der Waals surface area contributed by atoms with E-state index >= 15 is 0 Å². The summed E-state index contributed by atoms with van der Waals surface area (Å²) in [5, 5.41) is 10.7. The van der Waals surface area contributed by atoms with Crippen LogP contribution in [-0.4, -0.2) is 57.7 Å². The lowest BCUT2D eigenvalue weighted by Crippen LogP contribution is -2.42. The molecule has 0 aliphatic carbocycles.